The Morgan fingerprint density at radius 1 is 1.30 bits per heavy atom. The molecule has 1 aliphatic heterocycles. The number of hydrogen-bond donors (Lipinski definition) is 1. The van der Waals surface area contributed by atoms with E-state index in [1.165, 1.54) is 30.4 Å². The Morgan fingerprint density at radius 2 is 2.11 bits per heavy atom. The summed E-state index contributed by atoms with van der Waals surface area (Å²) in [5, 5.41) is 3.46. The zero-order valence-corrected chi connectivity index (χ0v) is 16.1. The van der Waals surface area contributed by atoms with Crippen molar-refractivity contribution >= 4 is 5.91 Å². The maximum absolute atomic E-state index is 13.6. The second-order valence-electron chi connectivity index (χ2n) is 8.56. The molecule has 1 spiro atoms. The maximum atomic E-state index is 13.6. The van der Waals surface area contributed by atoms with Gasteiger partial charge >= 0.3 is 0 Å². The first-order valence-corrected chi connectivity index (χ1v) is 10.3. The molecule has 1 aromatic heterocycles. The molecule has 0 unspecified atom stereocenters. The summed E-state index contributed by atoms with van der Waals surface area (Å²) in [5.74, 6) is 1.13. The number of carbonyl (C=O) groups is 1. The van der Waals surface area contributed by atoms with Gasteiger partial charge in [0.2, 0.25) is 0 Å². The molecule has 1 atom stereocenters. The third-order valence-corrected chi connectivity index (χ3v) is 6.96. The van der Waals surface area contributed by atoms with E-state index in [1.54, 1.807) is 0 Å². The summed E-state index contributed by atoms with van der Waals surface area (Å²) < 4.78 is 2.03. The van der Waals surface area contributed by atoms with Crippen LogP contribution in [0.3, 0.4) is 0 Å². The Kier molecular flexibility index (Phi) is 4.08. The van der Waals surface area contributed by atoms with Crippen LogP contribution in [0.5, 0.6) is 0 Å². The molecule has 2 aromatic rings. The molecule has 5 heteroatoms. The van der Waals surface area contributed by atoms with Crippen LogP contribution in [-0.4, -0.2) is 39.5 Å². The monoisotopic (exact) mass is 364 g/mol. The van der Waals surface area contributed by atoms with Gasteiger partial charge in [-0.2, -0.15) is 0 Å². The van der Waals surface area contributed by atoms with Gasteiger partial charge in [-0.3, -0.25) is 4.79 Å². The first-order chi connectivity index (χ1) is 13.2. The topological polar surface area (TPSA) is 50.2 Å². The van der Waals surface area contributed by atoms with Gasteiger partial charge in [-0.1, -0.05) is 6.07 Å². The predicted octanol–water partition coefficient (Wildman–Crippen LogP) is 2.69. The molecule has 2 aliphatic carbocycles. The number of imidazole rings is 1. The number of amides is 1. The van der Waals surface area contributed by atoms with Gasteiger partial charge in [-0.25, -0.2) is 4.98 Å². The highest BCUT2D eigenvalue weighted by molar-refractivity contribution is 5.95. The van der Waals surface area contributed by atoms with Crippen LogP contribution in [0.4, 0.5) is 0 Å². The maximum Gasteiger partial charge on any atom is 0.254 e. The van der Waals surface area contributed by atoms with Crippen molar-refractivity contribution in [3.05, 3.63) is 53.1 Å². The number of carbonyl (C=O) groups excluding carboxylic acids is 1. The average Bonchev–Trinajstić information content (AvgIpc) is 3.02. The number of fused-ring (bicyclic) bond motifs is 1. The Bertz CT molecular complexity index is 865. The molecule has 1 aromatic carbocycles. The number of aryl methyl sites for hydroxylation is 3. The van der Waals surface area contributed by atoms with Crippen LogP contribution in [0.1, 0.15) is 53.0 Å². The Balaban J connectivity index is 1.44. The highest BCUT2D eigenvalue weighted by Crippen LogP contribution is 2.56. The number of benzene rings is 1. The van der Waals surface area contributed by atoms with E-state index in [-0.39, 0.29) is 5.91 Å². The molecule has 1 amide bonds. The van der Waals surface area contributed by atoms with E-state index < -0.39 is 0 Å². The lowest BCUT2D eigenvalue weighted by Gasteiger charge is -2.29. The fourth-order valence-corrected chi connectivity index (χ4v) is 5.12. The van der Waals surface area contributed by atoms with Gasteiger partial charge in [0, 0.05) is 31.0 Å². The summed E-state index contributed by atoms with van der Waals surface area (Å²) in [7, 11) is 2.01. The van der Waals surface area contributed by atoms with E-state index in [0.29, 0.717) is 18.0 Å². The van der Waals surface area contributed by atoms with E-state index in [2.05, 4.69) is 27.3 Å². The lowest BCUT2D eigenvalue weighted by molar-refractivity contribution is 0.0685. The van der Waals surface area contributed by atoms with Crippen LogP contribution in [0.2, 0.25) is 0 Å². The van der Waals surface area contributed by atoms with Crippen molar-refractivity contribution in [1.29, 1.82) is 0 Å². The van der Waals surface area contributed by atoms with Gasteiger partial charge in [-0.05, 0) is 80.3 Å². The molecule has 142 valence electrons. The van der Waals surface area contributed by atoms with Crippen LogP contribution in [0, 0.1) is 5.41 Å². The summed E-state index contributed by atoms with van der Waals surface area (Å²) >= 11 is 0. The van der Waals surface area contributed by atoms with Gasteiger partial charge in [0.25, 0.3) is 5.91 Å². The number of hydrogen-bond acceptors (Lipinski definition) is 3. The molecule has 3 aliphatic rings. The predicted molar refractivity (Wildman–Crippen MR) is 104 cm³/mol. The molecule has 0 bridgehead atoms. The number of aromatic nitrogens is 2. The zero-order valence-electron chi connectivity index (χ0n) is 16.1. The van der Waals surface area contributed by atoms with E-state index in [9.17, 15) is 4.79 Å². The van der Waals surface area contributed by atoms with Crippen molar-refractivity contribution in [2.75, 3.05) is 13.1 Å². The molecule has 1 saturated carbocycles. The van der Waals surface area contributed by atoms with E-state index in [0.717, 1.165) is 43.7 Å². The van der Waals surface area contributed by atoms with Crippen molar-refractivity contribution in [1.82, 2.24) is 19.8 Å². The van der Waals surface area contributed by atoms with E-state index in [1.807, 2.05) is 30.1 Å². The molecule has 5 nitrogen and oxygen atoms in total. The molecule has 5 rings (SSSR count). The molecular formula is C22H28N4O. The van der Waals surface area contributed by atoms with Crippen molar-refractivity contribution in [3.63, 3.8) is 0 Å². The van der Waals surface area contributed by atoms with Gasteiger partial charge in [0.05, 0.1) is 6.54 Å². The van der Waals surface area contributed by atoms with Crippen molar-refractivity contribution in [2.45, 2.75) is 51.1 Å². The smallest absolute Gasteiger partial charge is 0.254 e. The highest BCUT2D eigenvalue weighted by atomic mass is 16.2. The van der Waals surface area contributed by atoms with Crippen LogP contribution in [0.25, 0.3) is 0 Å². The first-order valence-electron chi connectivity index (χ1n) is 10.3. The summed E-state index contributed by atoms with van der Waals surface area (Å²) in [6.45, 7) is 2.73. The van der Waals surface area contributed by atoms with Crippen LogP contribution in [0.15, 0.2) is 30.6 Å². The SMILES string of the molecule is Cn1ccnc1CN(C(=O)c1ccc2c(c1)CCC2)[C@@H]1CC12CCNCC2. The summed E-state index contributed by atoms with van der Waals surface area (Å²) in [6.07, 6.45) is 10.7. The first kappa shape index (κ1) is 17.0. The summed E-state index contributed by atoms with van der Waals surface area (Å²) in [5.41, 5.74) is 3.96. The van der Waals surface area contributed by atoms with Crippen molar-refractivity contribution in [2.24, 2.45) is 12.5 Å². The normalized spacial score (nSPS) is 22.6. The molecule has 1 N–H and O–H groups in total. The average molecular weight is 364 g/mol. The minimum Gasteiger partial charge on any atom is -0.337 e. The van der Waals surface area contributed by atoms with Crippen molar-refractivity contribution < 1.29 is 4.79 Å². The second-order valence-corrected chi connectivity index (χ2v) is 8.56. The number of piperidine rings is 1. The molecule has 2 fully saturated rings. The fourth-order valence-electron chi connectivity index (χ4n) is 5.12. The highest BCUT2D eigenvalue weighted by Gasteiger charge is 2.58. The third kappa shape index (κ3) is 2.98. The van der Waals surface area contributed by atoms with E-state index >= 15 is 0 Å². The third-order valence-electron chi connectivity index (χ3n) is 6.96. The van der Waals surface area contributed by atoms with E-state index in [4.69, 9.17) is 0 Å². The minimum absolute atomic E-state index is 0.174. The minimum atomic E-state index is 0.174. The Hall–Kier alpha value is -2.14. The lowest BCUT2D eigenvalue weighted by Crippen LogP contribution is -2.39. The zero-order chi connectivity index (χ0) is 18.4. The van der Waals surface area contributed by atoms with Gasteiger partial charge < -0.3 is 14.8 Å². The number of nitrogens with zero attached hydrogens (tertiary/aromatic N) is 3. The van der Waals surface area contributed by atoms with Gasteiger partial charge in [0.1, 0.15) is 5.82 Å². The Labute approximate surface area is 160 Å². The summed E-state index contributed by atoms with van der Waals surface area (Å²) in [4.78, 5) is 20.2. The van der Waals surface area contributed by atoms with Crippen LogP contribution >= 0.6 is 0 Å². The van der Waals surface area contributed by atoms with Gasteiger partial charge in [-0.15, -0.1) is 0 Å². The fraction of sp³-hybridized carbons (Fsp3) is 0.545. The molecule has 0 radical (unpaired) electrons. The molecule has 1 saturated heterocycles. The number of rotatable bonds is 4. The van der Waals surface area contributed by atoms with Crippen LogP contribution in [-0.2, 0) is 26.4 Å². The summed E-state index contributed by atoms with van der Waals surface area (Å²) in [6, 6.07) is 6.70. The van der Waals surface area contributed by atoms with Crippen LogP contribution < -0.4 is 5.32 Å². The Morgan fingerprint density at radius 3 is 2.89 bits per heavy atom. The van der Waals surface area contributed by atoms with Crippen molar-refractivity contribution in [3.8, 4) is 0 Å². The quantitative estimate of drug-likeness (QED) is 0.907. The van der Waals surface area contributed by atoms with Gasteiger partial charge in [0.15, 0.2) is 0 Å². The standard InChI is InChI=1S/C22H28N4O/c1-25-12-11-24-20(25)15-26(19-14-22(19)7-9-23-10-8-22)21(27)18-6-5-16-3-2-4-17(16)13-18/h5-6,11-13,19,23H,2-4,7-10,14-15H2,1H3/t19-/m1/s1. The molecule has 27 heavy (non-hydrogen) atoms. The lowest BCUT2D eigenvalue weighted by atomic mass is 9.93. The second kappa shape index (κ2) is 6.48. The molecule has 2 heterocycles. The largest absolute Gasteiger partial charge is 0.337 e. The number of nitrogens with one attached hydrogen (secondary N) is 1. The molecular weight excluding hydrogens is 336 g/mol.